The molecular formula is C24H33N3O3. The molecule has 2 aromatic rings. The van der Waals surface area contributed by atoms with Crippen LogP contribution in [0, 0.1) is 0 Å². The number of carbonyl (C=O) groups excluding carboxylic acids is 1. The number of nitrogens with zero attached hydrogens (tertiary/aromatic N) is 2. The van der Waals surface area contributed by atoms with Gasteiger partial charge in [0.15, 0.2) is 0 Å². The van der Waals surface area contributed by atoms with E-state index in [2.05, 4.69) is 36.2 Å². The number of ether oxygens (including phenoxy) is 2. The van der Waals surface area contributed by atoms with Gasteiger partial charge in [-0.05, 0) is 63.7 Å². The molecule has 2 aromatic carbocycles. The molecule has 3 rings (SSSR count). The zero-order valence-electron chi connectivity index (χ0n) is 18.2. The van der Waals surface area contributed by atoms with Gasteiger partial charge >= 0.3 is 0 Å². The average Bonchev–Trinajstić information content (AvgIpc) is 2.72. The lowest BCUT2D eigenvalue weighted by molar-refractivity contribution is -0.117. The molecule has 6 nitrogen and oxygen atoms in total. The van der Waals surface area contributed by atoms with E-state index in [1.807, 2.05) is 54.4 Å². The summed E-state index contributed by atoms with van der Waals surface area (Å²) in [6, 6.07) is 17.8. The van der Waals surface area contributed by atoms with Crippen LogP contribution in [0.4, 0.5) is 11.4 Å². The maximum Gasteiger partial charge on any atom is 0.238 e. The van der Waals surface area contributed by atoms with Crippen molar-refractivity contribution in [2.75, 3.05) is 50.1 Å². The summed E-state index contributed by atoms with van der Waals surface area (Å²) in [4.78, 5) is 16.7. The van der Waals surface area contributed by atoms with Crippen molar-refractivity contribution in [3.05, 3.63) is 54.6 Å². The first-order chi connectivity index (χ1) is 14.5. The minimum Gasteiger partial charge on any atom is -0.494 e. The first kappa shape index (κ1) is 22.1. The van der Waals surface area contributed by atoms with Crippen LogP contribution in [0.5, 0.6) is 5.75 Å². The van der Waals surface area contributed by atoms with Gasteiger partial charge in [-0.3, -0.25) is 9.69 Å². The molecule has 1 aliphatic rings. The Morgan fingerprint density at radius 1 is 1.10 bits per heavy atom. The predicted octanol–water partition coefficient (Wildman–Crippen LogP) is 3.64. The van der Waals surface area contributed by atoms with Crippen LogP contribution in [0.1, 0.15) is 20.3 Å². The molecule has 162 valence electrons. The fourth-order valence-electron chi connectivity index (χ4n) is 3.71. The van der Waals surface area contributed by atoms with Crippen LogP contribution < -0.4 is 15.0 Å². The van der Waals surface area contributed by atoms with Crippen molar-refractivity contribution in [1.82, 2.24) is 4.90 Å². The first-order valence-corrected chi connectivity index (χ1v) is 10.7. The molecule has 1 saturated heterocycles. The van der Waals surface area contributed by atoms with Crippen LogP contribution in [0.2, 0.25) is 0 Å². The molecule has 1 aliphatic heterocycles. The molecule has 0 radical (unpaired) electrons. The van der Waals surface area contributed by atoms with E-state index in [9.17, 15) is 4.79 Å². The summed E-state index contributed by atoms with van der Waals surface area (Å²) in [5, 5.41) is 2.98. The van der Waals surface area contributed by atoms with Crippen LogP contribution in [-0.4, -0.2) is 62.8 Å². The molecule has 0 saturated carbocycles. The van der Waals surface area contributed by atoms with Gasteiger partial charge in [0.05, 0.1) is 25.4 Å². The van der Waals surface area contributed by atoms with E-state index in [0.29, 0.717) is 13.2 Å². The van der Waals surface area contributed by atoms with Crippen molar-refractivity contribution in [1.29, 1.82) is 0 Å². The SMILES string of the molecule is CC1CN(c2ccc(NC(=O)CN(C)CCCOc3ccccc3)cc2)CC(C)O1. The maximum absolute atomic E-state index is 12.3. The summed E-state index contributed by atoms with van der Waals surface area (Å²) in [6.07, 6.45) is 1.31. The molecule has 0 spiro atoms. The minimum absolute atomic E-state index is 0.0113. The van der Waals surface area contributed by atoms with Crippen molar-refractivity contribution in [3.63, 3.8) is 0 Å². The highest BCUT2D eigenvalue weighted by Gasteiger charge is 2.22. The quantitative estimate of drug-likeness (QED) is 0.639. The van der Waals surface area contributed by atoms with E-state index < -0.39 is 0 Å². The number of likely N-dealkylation sites (N-methyl/N-ethyl adjacent to an activating group) is 1. The number of morpholine rings is 1. The van der Waals surface area contributed by atoms with Gasteiger partial charge in [-0.15, -0.1) is 0 Å². The molecule has 2 atom stereocenters. The van der Waals surface area contributed by atoms with Gasteiger partial charge in [0, 0.05) is 31.0 Å². The second-order valence-electron chi connectivity index (χ2n) is 8.01. The Labute approximate surface area is 179 Å². The summed E-state index contributed by atoms with van der Waals surface area (Å²) < 4.78 is 11.5. The summed E-state index contributed by atoms with van der Waals surface area (Å²) in [5.74, 6) is 0.866. The number of rotatable bonds is 9. The smallest absolute Gasteiger partial charge is 0.238 e. The van der Waals surface area contributed by atoms with E-state index in [4.69, 9.17) is 9.47 Å². The molecule has 6 heteroatoms. The highest BCUT2D eigenvalue weighted by Crippen LogP contribution is 2.22. The van der Waals surface area contributed by atoms with Gasteiger partial charge in [-0.1, -0.05) is 18.2 Å². The highest BCUT2D eigenvalue weighted by molar-refractivity contribution is 5.92. The monoisotopic (exact) mass is 411 g/mol. The number of hydrogen-bond acceptors (Lipinski definition) is 5. The summed E-state index contributed by atoms with van der Waals surface area (Å²) in [5.41, 5.74) is 1.98. The van der Waals surface area contributed by atoms with Crippen molar-refractivity contribution < 1.29 is 14.3 Å². The Balaban J connectivity index is 1.37. The molecule has 30 heavy (non-hydrogen) atoms. The number of amides is 1. The number of carbonyl (C=O) groups is 1. The number of hydrogen-bond donors (Lipinski definition) is 1. The molecule has 1 fully saturated rings. The van der Waals surface area contributed by atoms with Gasteiger partial charge in [-0.25, -0.2) is 0 Å². The number of nitrogens with one attached hydrogen (secondary N) is 1. The lowest BCUT2D eigenvalue weighted by atomic mass is 10.2. The second kappa shape index (κ2) is 11.0. The third kappa shape index (κ3) is 7.04. The molecule has 0 bridgehead atoms. The van der Waals surface area contributed by atoms with Crippen molar-refractivity contribution >= 4 is 17.3 Å². The Hall–Kier alpha value is -2.57. The third-order valence-electron chi connectivity index (χ3n) is 5.05. The predicted molar refractivity (Wildman–Crippen MR) is 121 cm³/mol. The largest absolute Gasteiger partial charge is 0.494 e. The third-order valence-corrected chi connectivity index (χ3v) is 5.05. The summed E-state index contributed by atoms with van der Waals surface area (Å²) in [6.45, 7) is 7.75. The van der Waals surface area contributed by atoms with Crippen molar-refractivity contribution in [2.45, 2.75) is 32.5 Å². The zero-order valence-corrected chi connectivity index (χ0v) is 18.2. The topological polar surface area (TPSA) is 54.0 Å². The lowest BCUT2D eigenvalue weighted by Gasteiger charge is -2.36. The average molecular weight is 412 g/mol. The van der Waals surface area contributed by atoms with Crippen LogP contribution in [0.25, 0.3) is 0 Å². The van der Waals surface area contributed by atoms with E-state index in [1.165, 1.54) is 0 Å². The fraction of sp³-hybridized carbons (Fsp3) is 0.458. The van der Waals surface area contributed by atoms with Crippen LogP contribution in [-0.2, 0) is 9.53 Å². The van der Waals surface area contributed by atoms with E-state index in [0.717, 1.165) is 43.2 Å². The Morgan fingerprint density at radius 3 is 2.43 bits per heavy atom. The zero-order chi connectivity index (χ0) is 21.3. The van der Waals surface area contributed by atoms with Gasteiger partial charge in [0.2, 0.25) is 5.91 Å². The molecule has 0 aromatic heterocycles. The van der Waals surface area contributed by atoms with E-state index in [1.54, 1.807) is 0 Å². The Morgan fingerprint density at radius 2 is 1.77 bits per heavy atom. The van der Waals surface area contributed by atoms with E-state index >= 15 is 0 Å². The fourth-order valence-corrected chi connectivity index (χ4v) is 3.71. The Bertz CT molecular complexity index is 772. The van der Waals surface area contributed by atoms with Gasteiger partial charge in [-0.2, -0.15) is 0 Å². The molecule has 1 heterocycles. The molecular weight excluding hydrogens is 378 g/mol. The van der Waals surface area contributed by atoms with Crippen LogP contribution in [0.15, 0.2) is 54.6 Å². The molecule has 1 N–H and O–H groups in total. The van der Waals surface area contributed by atoms with E-state index in [-0.39, 0.29) is 18.1 Å². The van der Waals surface area contributed by atoms with Gasteiger partial charge in [0.25, 0.3) is 0 Å². The summed E-state index contributed by atoms with van der Waals surface area (Å²) in [7, 11) is 1.95. The number of anilines is 2. The molecule has 0 aliphatic carbocycles. The second-order valence-corrected chi connectivity index (χ2v) is 8.01. The Kier molecular flexibility index (Phi) is 8.11. The molecule has 1 amide bonds. The number of para-hydroxylation sites is 1. The maximum atomic E-state index is 12.3. The summed E-state index contributed by atoms with van der Waals surface area (Å²) >= 11 is 0. The van der Waals surface area contributed by atoms with Crippen LogP contribution >= 0.6 is 0 Å². The normalized spacial score (nSPS) is 19.0. The van der Waals surface area contributed by atoms with Gasteiger partial charge in [0.1, 0.15) is 5.75 Å². The standard InChI is InChI=1S/C24H33N3O3/c1-19-16-27(17-20(2)30-19)22-12-10-21(11-13-22)25-24(28)18-26(3)14-7-15-29-23-8-5-4-6-9-23/h4-6,8-13,19-20H,7,14-18H2,1-3H3,(H,25,28). The number of benzene rings is 2. The van der Waals surface area contributed by atoms with Crippen molar-refractivity contribution in [2.24, 2.45) is 0 Å². The minimum atomic E-state index is -0.0113. The van der Waals surface area contributed by atoms with Crippen molar-refractivity contribution in [3.8, 4) is 5.75 Å². The highest BCUT2D eigenvalue weighted by atomic mass is 16.5. The first-order valence-electron chi connectivity index (χ1n) is 10.7. The lowest BCUT2D eigenvalue weighted by Crippen LogP contribution is -2.45. The van der Waals surface area contributed by atoms with Gasteiger partial charge < -0.3 is 19.7 Å². The molecule has 2 unspecified atom stereocenters. The van der Waals surface area contributed by atoms with Crippen LogP contribution in [0.3, 0.4) is 0 Å².